The maximum atomic E-state index is 11.2. The van der Waals surface area contributed by atoms with Crippen molar-refractivity contribution in [2.45, 2.75) is 0 Å². The van der Waals surface area contributed by atoms with E-state index in [1.807, 2.05) is 0 Å². The predicted octanol–water partition coefficient (Wildman–Crippen LogP) is -0.607. The van der Waals surface area contributed by atoms with Crippen molar-refractivity contribution < 1.29 is 4.79 Å². The van der Waals surface area contributed by atoms with Crippen LogP contribution in [0.5, 0.6) is 0 Å². The van der Waals surface area contributed by atoms with Gasteiger partial charge in [0.25, 0.3) is 0 Å². The van der Waals surface area contributed by atoms with Crippen molar-refractivity contribution >= 4 is 11.5 Å². The molecule has 0 saturated heterocycles. The molecule has 1 aromatic rings. The number of H-pyrrole nitrogens is 1. The Morgan fingerprint density at radius 2 is 2.46 bits per heavy atom. The summed E-state index contributed by atoms with van der Waals surface area (Å²) >= 11 is 0. The Hall–Kier alpha value is -1.82. The molecule has 1 rings (SSSR count). The van der Waals surface area contributed by atoms with Crippen molar-refractivity contribution in [1.29, 1.82) is 0 Å². The lowest BCUT2D eigenvalue weighted by molar-refractivity contribution is 0.0997. The summed E-state index contributed by atoms with van der Waals surface area (Å²) in [6.07, 6.45) is 1.45. The van der Waals surface area contributed by atoms with E-state index in [-0.39, 0.29) is 18.1 Å². The smallest absolute Gasteiger partial charge is 0.196 e. The van der Waals surface area contributed by atoms with Crippen LogP contribution in [0.1, 0.15) is 10.5 Å². The first-order valence-corrected chi connectivity index (χ1v) is 3.63. The molecule has 1 heterocycles. The highest BCUT2D eigenvalue weighted by Crippen LogP contribution is 2.12. The number of rotatable bonds is 4. The molecule has 0 saturated carbocycles. The van der Waals surface area contributed by atoms with Gasteiger partial charge in [-0.1, -0.05) is 6.58 Å². The lowest BCUT2D eigenvalue weighted by atomic mass is 10.2. The van der Waals surface area contributed by atoms with Gasteiger partial charge in [-0.15, -0.1) is 0 Å². The normalized spacial score (nSPS) is 9.62. The molecule has 0 radical (unpaired) electrons. The molecular formula is C7H11N5O. The van der Waals surface area contributed by atoms with E-state index in [2.05, 4.69) is 22.1 Å². The van der Waals surface area contributed by atoms with Crippen LogP contribution in [0.15, 0.2) is 18.6 Å². The number of aromatic amines is 1. The number of ketones is 1. The minimum absolute atomic E-state index is 0.0755. The number of carbonyl (C=O) groups is 1. The Bertz CT molecular complexity index is 329. The van der Waals surface area contributed by atoms with Gasteiger partial charge in [0.05, 0.1) is 24.2 Å². The third kappa shape index (κ3) is 2.06. The maximum Gasteiger partial charge on any atom is 0.196 e. The van der Waals surface area contributed by atoms with Gasteiger partial charge in [0.15, 0.2) is 5.78 Å². The van der Waals surface area contributed by atoms with E-state index in [4.69, 9.17) is 11.5 Å². The second-order valence-corrected chi connectivity index (χ2v) is 2.44. The van der Waals surface area contributed by atoms with Gasteiger partial charge in [0.2, 0.25) is 0 Å². The highest BCUT2D eigenvalue weighted by Gasteiger charge is 2.11. The van der Waals surface area contributed by atoms with Gasteiger partial charge in [-0.05, 0) is 0 Å². The Morgan fingerprint density at radius 1 is 1.77 bits per heavy atom. The largest absolute Gasteiger partial charge is 0.386 e. The van der Waals surface area contributed by atoms with Crippen LogP contribution >= 0.6 is 0 Å². The second kappa shape index (κ2) is 3.72. The van der Waals surface area contributed by atoms with Crippen molar-refractivity contribution in [3.63, 3.8) is 0 Å². The number of hydrogen-bond donors (Lipinski definition) is 4. The first kappa shape index (κ1) is 9.27. The third-order valence-corrected chi connectivity index (χ3v) is 1.40. The molecule has 0 spiro atoms. The van der Waals surface area contributed by atoms with Crippen LogP contribution in [-0.4, -0.2) is 22.5 Å². The minimum Gasteiger partial charge on any atom is -0.386 e. The first-order chi connectivity index (χ1) is 6.15. The van der Waals surface area contributed by atoms with Crippen LogP contribution < -0.4 is 16.8 Å². The Kier molecular flexibility index (Phi) is 2.65. The molecule has 0 atom stereocenters. The van der Waals surface area contributed by atoms with E-state index in [1.54, 1.807) is 0 Å². The third-order valence-electron chi connectivity index (χ3n) is 1.40. The summed E-state index contributed by atoms with van der Waals surface area (Å²) in [6.45, 7) is 3.36. The van der Waals surface area contributed by atoms with E-state index in [0.29, 0.717) is 11.4 Å². The van der Waals surface area contributed by atoms with E-state index in [1.165, 1.54) is 6.20 Å². The summed E-state index contributed by atoms with van der Waals surface area (Å²) in [6, 6.07) is 0. The lowest BCUT2D eigenvalue weighted by Gasteiger charge is -2.03. The summed E-state index contributed by atoms with van der Waals surface area (Å²) in [5.41, 5.74) is 11.3. The number of carbonyl (C=O) groups excluding carboxylic acids is 1. The topological polar surface area (TPSA) is 110 Å². The van der Waals surface area contributed by atoms with E-state index in [0.717, 1.165) is 0 Å². The summed E-state index contributed by atoms with van der Waals surface area (Å²) in [5.74, 6) is 0.00808. The Balaban J connectivity index is 2.89. The quantitative estimate of drug-likeness (QED) is 0.463. The van der Waals surface area contributed by atoms with Gasteiger partial charge in [0, 0.05) is 0 Å². The van der Waals surface area contributed by atoms with Crippen molar-refractivity contribution in [1.82, 2.24) is 10.2 Å². The molecule has 0 bridgehead atoms. The van der Waals surface area contributed by atoms with Gasteiger partial charge in [-0.25, -0.2) is 0 Å². The molecule has 13 heavy (non-hydrogen) atoms. The fourth-order valence-corrected chi connectivity index (χ4v) is 0.869. The average molecular weight is 181 g/mol. The van der Waals surface area contributed by atoms with Gasteiger partial charge in [0.1, 0.15) is 5.69 Å². The molecule has 0 amide bonds. The first-order valence-electron chi connectivity index (χ1n) is 3.63. The molecule has 0 aromatic carbocycles. The zero-order valence-corrected chi connectivity index (χ0v) is 7.00. The summed E-state index contributed by atoms with van der Waals surface area (Å²) in [5, 5.41) is 8.89. The van der Waals surface area contributed by atoms with Crippen molar-refractivity contribution in [2.75, 3.05) is 11.9 Å². The predicted molar refractivity (Wildman–Crippen MR) is 48.9 cm³/mol. The molecular weight excluding hydrogens is 170 g/mol. The molecule has 6 nitrogen and oxygen atoms in total. The minimum atomic E-state index is -0.235. The van der Waals surface area contributed by atoms with Crippen LogP contribution in [0.25, 0.3) is 0 Å². The van der Waals surface area contributed by atoms with E-state index < -0.39 is 0 Å². The zero-order chi connectivity index (χ0) is 9.84. The average Bonchev–Trinajstić information content (AvgIpc) is 2.50. The van der Waals surface area contributed by atoms with Crippen LogP contribution in [0, 0.1) is 0 Å². The van der Waals surface area contributed by atoms with Crippen LogP contribution in [0.3, 0.4) is 0 Å². The number of aromatic nitrogens is 2. The van der Waals surface area contributed by atoms with Crippen LogP contribution in [-0.2, 0) is 0 Å². The molecule has 6 heteroatoms. The molecule has 70 valence electrons. The highest BCUT2D eigenvalue weighted by molar-refractivity contribution is 6.00. The van der Waals surface area contributed by atoms with Crippen LogP contribution in [0.4, 0.5) is 5.69 Å². The maximum absolute atomic E-state index is 11.2. The number of nitrogens with zero attached hydrogens (tertiary/aromatic N) is 1. The van der Waals surface area contributed by atoms with Crippen molar-refractivity contribution in [2.24, 2.45) is 11.5 Å². The number of nitrogens with one attached hydrogen (secondary N) is 2. The number of Topliss-reactive ketones (excluding diaryl/α,β-unsaturated/α-hetero) is 1. The van der Waals surface area contributed by atoms with E-state index in [9.17, 15) is 4.79 Å². The fourth-order valence-electron chi connectivity index (χ4n) is 0.869. The fraction of sp³-hybridized carbons (Fsp3) is 0.143. The highest BCUT2D eigenvalue weighted by atomic mass is 16.1. The number of anilines is 1. The van der Waals surface area contributed by atoms with Gasteiger partial charge in [-0.3, -0.25) is 9.89 Å². The van der Waals surface area contributed by atoms with E-state index >= 15 is 0 Å². The molecule has 0 aliphatic heterocycles. The standard InChI is InChI=1S/C7H11N5O/c1-4(9)11-5-3-10-12-7(5)6(13)2-8/h3,11H,1-2,8-9H2,(H,10,12). The zero-order valence-electron chi connectivity index (χ0n) is 7.00. The number of hydrogen-bond acceptors (Lipinski definition) is 5. The lowest BCUT2D eigenvalue weighted by Crippen LogP contribution is -2.16. The number of nitrogens with two attached hydrogens (primary N) is 2. The molecule has 6 N–H and O–H groups in total. The van der Waals surface area contributed by atoms with Gasteiger partial charge in [-0.2, -0.15) is 5.10 Å². The summed E-state index contributed by atoms with van der Waals surface area (Å²) in [4.78, 5) is 11.2. The Labute approximate surface area is 75.0 Å². The Morgan fingerprint density at radius 3 is 3.00 bits per heavy atom. The molecule has 0 aliphatic carbocycles. The van der Waals surface area contributed by atoms with Gasteiger partial charge < -0.3 is 16.8 Å². The monoisotopic (exact) mass is 181 g/mol. The van der Waals surface area contributed by atoms with Crippen molar-refractivity contribution in [3.8, 4) is 0 Å². The SMILES string of the molecule is C=C(N)Nc1cn[nH]c1C(=O)CN. The summed E-state index contributed by atoms with van der Waals surface area (Å²) in [7, 11) is 0. The molecule has 0 aliphatic rings. The van der Waals surface area contributed by atoms with Gasteiger partial charge >= 0.3 is 0 Å². The van der Waals surface area contributed by atoms with Crippen molar-refractivity contribution in [3.05, 3.63) is 24.3 Å². The summed E-state index contributed by atoms with van der Waals surface area (Å²) < 4.78 is 0. The van der Waals surface area contributed by atoms with Crippen LogP contribution in [0.2, 0.25) is 0 Å². The molecule has 1 aromatic heterocycles. The molecule has 0 fully saturated rings. The molecule has 0 unspecified atom stereocenters. The second-order valence-electron chi connectivity index (χ2n) is 2.44.